The molecule has 0 bridgehead atoms. The molecule has 4 nitrogen and oxygen atoms in total. The first-order valence-electron chi connectivity index (χ1n) is 10.2. The molecule has 1 amide bonds. The molecule has 4 rings (SSSR count). The van der Waals surface area contributed by atoms with E-state index in [2.05, 4.69) is 63.8 Å². The molecule has 152 valence electrons. The second kappa shape index (κ2) is 7.45. The number of carbonyl (C=O) groups excluding carboxylic acids is 1. The van der Waals surface area contributed by atoms with E-state index in [0.717, 1.165) is 42.4 Å². The molecule has 0 saturated carbocycles. The fraction of sp³-hybridized carbons (Fsp3) is 0.417. The molecular formula is C24H29N3OS. The lowest BCUT2D eigenvalue weighted by Gasteiger charge is -2.34. The van der Waals surface area contributed by atoms with Gasteiger partial charge in [-0.1, -0.05) is 50.3 Å². The van der Waals surface area contributed by atoms with E-state index in [-0.39, 0.29) is 11.3 Å². The van der Waals surface area contributed by atoms with Crippen LogP contribution in [-0.4, -0.2) is 42.0 Å². The first-order chi connectivity index (χ1) is 13.7. The second-order valence-corrected chi connectivity index (χ2v) is 10.0. The minimum absolute atomic E-state index is 0.0986. The van der Waals surface area contributed by atoms with Gasteiger partial charge in [-0.15, -0.1) is 0 Å². The SMILES string of the molecule is Cc1cc(C)c2nc(N3CCN(C(=O)c4ccc(C(C)(C)C)cc4)CC3)sc2c1. The third-order valence-electron chi connectivity index (χ3n) is 5.65. The van der Waals surface area contributed by atoms with Crippen molar-refractivity contribution in [2.75, 3.05) is 31.1 Å². The van der Waals surface area contributed by atoms with Crippen molar-refractivity contribution >= 4 is 32.6 Å². The van der Waals surface area contributed by atoms with E-state index in [9.17, 15) is 4.79 Å². The third kappa shape index (κ3) is 4.01. The first kappa shape index (κ1) is 19.9. The van der Waals surface area contributed by atoms with Crippen LogP contribution in [0.25, 0.3) is 10.2 Å². The van der Waals surface area contributed by atoms with E-state index in [1.165, 1.54) is 21.4 Å². The van der Waals surface area contributed by atoms with Crippen LogP contribution in [0.4, 0.5) is 5.13 Å². The molecule has 0 aliphatic carbocycles. The Morgan fingerprint density at radius 1 is 1.00 bits per heavy atom. The summed E-state index contributed by atoms with van der Waals surface area (Å²) < 4.78 is 1.25. The molecule has 0 atom stereocenters. The van der Waals surface area contributed by atoms with Crippen LogP contribution in [0.2, 0.25) is 0 Å². The Morgan fingerprint density at radius 3 is 2.28 bits per heavy atom. The molecule has 0 N–H and O–H groups in total. The normalized spacial score (nSPS) is 15.2. The van der Waals surface area contributed by atoms with Gasteiger partial charge in [0.05, 0.1) is 10.2 Å². The van der Waals surface area contributed by atoms with Crippen molar-refractivity contribution in [3.8, 4) is 0 Å². The highest BCUT2D eigenvalue weighted by atomic mass is 32.1. The largest absolute Gasteiger partial charge is 0.345 e. The lowest BCUT2D eigenvalue weighted by Crippen LogP contribution is -2.48. The molecule has 1 saturated heterocycles. The molecule has 1 aliphatic heterocycles. The monoisotopic (exact) mass is 407 g/mol. The van der Waals surface area contributed by atoms with Crippen LogP contribution in [0, 0.1) is 13.8 Å². The number of amides is 1. The molecule has 29 heavy (non-hydrogen) atoms. The van der Waals surface area contributed by atoms with Gasteiger partial charge in [-0.25, -0.2) is 4.98 Å². The summed E-state index contributed by atoms with van der Waals surface area (Å²) in [5.41, 5.74) is 5.74. The van der Waals surface area contributed by atoms with Gasteiger partial charge in [-0.3, -0.25) is 4.79 Å². The highest BCUT2D eigenvalue weighted by Gasteiger charge is 2.24. The van der Waals surface area contributed by atoms with Crippen LogP contribution in [0.15, 0.2) is 36.4 Å². The molecule has 1 aliphatic rings. The van der Waals surface area contributed by atoms with Crippen molar-refractivity contribution in [1.82, 2.24) is 9.88 Å². The topological polar surface area (TPSA) is 36.4 Å². The summed E-state index contributed by atoms with van der Waals surface area (Å²) in [7, 11) is 0. The Morgan fingerprint density at radius 2 is 1.66 bits per heavy atom. The predicted molar refractivity (Wildman–Crippen MR) is 122 cm³/mol. The van der Waals surface area contributed by atoms with Gasteiger partial charge in [0.2, 0.25) is 0 Å². The standard InChI is InChI=1S/C24H29N3OS/c1-16-14-17(2)21-20(15-16)29-23(25-21)27-12-10-26(11-13-27)22(28)18-6-8-19(9-7-18)24(3,4)5/h6-9,14-15H,10-13H2,1-5H3. The molecule has 0 spiro atoms. The maximum atomic E-state index is 12.9. The van der Waals surface area contributed by atoms with Gasteiger partial charge in [0.1, 0.15) is 0 Å². The number of piperazine rings is 1. The smallest absolute Gasteiger partial charge is 0.253 e. The number of hydrogen-bond donors (Lipinski definition) is 0. The minimum atomic E-state index is 0.0986. The quantitative estimate of drug-likeness (QED) is 0.588. The van der Waals surface area contributed by atoms with Crippen molar-refractivity contribution < 1.29 is 4.79 Å². The fourth-order valence-corrected chi connectivity index (χ4v) is 5.08. The van der Waals surface area contributed by atoms with Crippen molar-refractivity contribution in [1.29, 1.82) is 0 Å². The Bertz CT molecular complexity index is 1040. The molecule has 2 heterocycles. The van der Waals surface area contributed by atoms with Crippen molar-refractivity contribution in [2.24, 2.45) is 0 Å². The van der Waals surface area contributed by atoms with E-state index in [1.54, 1.807) is 11.3 Å². The summed E-state index contributed by atoms with van der Waals surface area (Å²) >= 11 is 1.75. The summed E-state index contributed by atoms with van der Waals surface area (Å²) in [5, 5.41) is 1.07. The number of rotatable bonds is 2. The zero-order chi connectivity index (χ0) is 20.8. The number of anilines is 1. The summed E-state index contributed by atoms with van der Waals surface area (Å²) in [5.74, 6) is 0.126. The van der Waals surface area contributed by atoms with Crippen LogP contribution in [-0.2, 0) is 5.41 Å². The highest BCUT2D eigenvalue weighted by Crippen LogP contribution is 2.32. The van der Waals surface area contributed by atoms with Gasteiger partial charge in [0.15, 0.2) is 5.13 Å². The number of aromatic nitrogens is 1. The second-order valence-electron chi connectivity index (χ2n) is 9.03. The molecule has 0 unspecified atom stereocenters. The van der Waals surface area contributed by atoms with E-state index in [4.69, 9.17) is 4.98 Å². The number of nitrogens with zero attached hydrogens (tertiary/aromatic N) is 3. The van der Waals surface area contributed by atoms with Gasteiger partial charge in [0, 0.05) is 31.7 Å². The van der Waals surface area contributed by atoms with Crippen molar-refractivity contribution in [3.63, 3.8) is 0 Å². The van der Waals surface area contributed by atoms with E-state index < -0.39 is 0 Å². The average molecular weight is 408 g/mol. The third-order valence-corrected chi connectivity index (χ3v) is 6.72. The average Bonchev–Trinajstić information content (AvgIpc) is 3.11. The molecule has 1 fully saturated rings. The van der Waals surface area contributed by atoms with Crippen LogP contribution < -0.4 is 4.90 Å². The van der Waals surface area contributed by atoms with Crippen LogP contribution in [0.5, 0.6) is 0 Å². The predicted octanol–water partition coefficient (Wildman–Crippen LogP) is 5.17. The summed E-state index contributed by atoms with van der Waals surface area (Å²) in [6, 6.07) is 12.5. The molecule has 0 radical (unpaired) electrons. The molecule has 5 heteroatoms. The number of carbonyl (C=O) groups is 1. The summed E-state index contributed by atoms with van der Waals surface area (Å²) in [6.45, 7) is 13.9. The van der Waals surface area contributed by atoms with Crippen LogP contribution >= 0.6 is 11.3 Å². The van der Waals surface area contributed by atoms with Gasteiger partial charge >= 0.3 is 0 Å². The maximum absolute atomic E-state index is 12.9. The van der Waals surface area contributed by atoms with Gasteiger partial charge in [0.25, 0.3) is 5.91 Å². The Balaban J connectivity index is 1.44. The highest BCUT2D eigenvalue weighted by molar-refractivity contribution is 7.22. The zero-order valence-electron chi connectivity index (χ0n) is 18.0. The maximum Gasteiger partial charge on any atom is 0.253 e. The number of thiazole rings is 1. The number of fused-ring (bicyclic) bond motifs is 1. The van der Waals surface area contributed by atoms with Crippen LogP contribution in [0.3, 0.4) is 0 Å². The number of hydrogen-bond acceptors (Lipinski definition) is 4. The Hall–Kier alpha value is -2.40. The van der Waals surface area contributed by atoms with E-state index in [0.29, 0.717) is 0 Å². The molecular weight excluding hydrogens is 378 g/mol. The minimum Gasteiger partial charge on any atom is -0.345 e. The van der Waals surface area contributed by atoms with Gasteiger partial charge in [-0.2, -0.15) is 0 Å². The molecule has 1 aromatic heterocycles. The Kier molecular flexibility index (Phi) is 5.11. The van der Waals surface area contributed by atoms with Gasteiger partial charge < -0.3 is 9.80 Å². The van der Waals surface area contributed by atoms with Gasteiger partial charge in [-0.05, 0) is 54.2 Å². The lowest BCUT2D eigenvalue weighted by atomic mass is 9.86. The lowest BCUT2D eigenvalue weighted by molar-refractivity contribution is 0.0746. The number of aryl methyl sites for hydroxylation is 2. The summed E-state index contributed by atoms with van der Waals surface area (Å²) in [6.07, 6.45) is 0. The number of benzene rings is 2. The van der Waals surface area contributed by atoms with Crippen LogP contribution in [0.1, 0.15) is 47.8 Å². The fourth-order valence-electron chi connectivity index (χ4n) is 3.89. The zero-order valence-corrected chi connectivity index (χ0v) is 18.8. The first-order valence-corrected chi connectivity index (χ1v) is 11.1. The Labute approximate surface area is 177 Å². The molecule has 3 aromatic rings. The molecule has 2 aromatic carbocycles. The summed E-state index contributed by atoms with van der Waals surface area (Å²) in [4.78, 5) is 22.1. The van der Waals surface area contributed by atoms with E-state index in [1.807, 2.05) is 17.0 Å². The van der Waals surface area contributed by atoms with Crippen molar-refractivity contribution in [2.45, 2.75) is 40.0 Å². The van der Waals surface area contributed by atoms with E-state index >= 15 is 0 Å². The van der Waals surface area contributed by atoms with Crippen molar-refractivity contribution in [3.05, 3.63) is 58.7 Å².